The van der Waals surface area contributed by atoms with Crippen molar-refractivity contribution in [3.05, 3.63) is 64.7 Å². The third-order valence-electron chi connectivity index (χ3n) is 3.12. The van der Waals surface area contributed by atoms with E-state index in [0.717, 1.165) is 5.56 Å². The summed E-state index contributed by atoms with van der Waals surface area (Å²) in [6, 6.07) is 13.9. The first kappa shape index (κ1) is 16.8. The molecule has 0 heterocycles. The zero-order valence-corrected chi connectivity index (χ0v) is 13.6. The molecule has 120 valence electrons. The van der Waals surface area contributed by atoms with E-state index in [-0.39, 0.29) is 5.56 Å². The Morgan fingerprint density at radius 3 is 2.35 bits per heavy atom. The molecule has 0 aliphatic rings. The molecule has 0 bridgehead atoms. The maximum absolute atomic E-state index is 12.0. The largest absolute Gasteiger partial charge is 0.481 e. The van der Waals surface area contributed by atoms with Gasteiger partial charge in [-0.1, -0.05) is 41.4 Å². The fourth-order valence-corrected chi connectivity index (χ4v) is 2.03. The number of ether oxygens (including phenoxy) is 1. The van der Waals surface area contributed by atoms with E-state index < -0.39 is 17.9 Å². The molecule has 2 aromatic carbocycles. The molecule has 0 saturated heterocycles. The van der Waals surface area contributed by atoms with Gasteiger partial charge in [-0.25, -0.2) is 0 Å². The van der Waals surface area contributed by atoms with Crippen LogP contribution >= 0.6 is 11.6 Å². The Labute approximate surface area is 139 Å². The van der Waals surface area contributed by atoms with Crippen molar-refractivity contribution in [2.45, 2.75) is 20.0 Å². The number of hydrogen-bond acceptors (Lipinski definition) is 3. The molecule has 23 heavy (non-hydrogen) atoms. The Bertz CT molecular complexity index is 701. The predicted octanol–water partition coefficient (Wildman–Crippen LogP) is 2.88. The van der Waals surface area contributed by atoms with Gasteiger partial charge in [-0.15, -0.1) is 0 Å². The van der Waals surface area contributed by atoms with Crippen molar-refractivity contribution in [2.75, 3.05) is 0 Å². The number of hydrazine groups is 1. The lowest BCUT2D eigenvalue weighted by atomic mass is 10.2. The van der Waals surface area contributed by atoms with Gasteiger partial charge in [0, 0.05) is 0 Å². The number of benzene rings is 2. The van der Waals surface area contributed by atoms with Gasteiger partial charge in [-0.3, -0.25) is 20.4 Å². The van der Waals surface area contributed by atoms with Gasteiger partial charge in [0.15, 0.2) is 6.10 Å². The molecule has 0 radical (unpaired) electrons. The van der Waals surface area contributed by atoms with Crippen LogP contribution in [-0.4, -0.2) is 17.9 Å². The summed E-state index contributed by atoms with van der Waals surface area (Å²) in [5, 5.41) is 0.309. The fraction of sp³-hybridized carbons (Fsp3) is 0.176. The average Bonchev–Trinajstić information content (AvgIpc) is 2.54. The smallest absolute Gasteiger partial charge is 0.279 e. The minimum Gasteiger partial charge on any atom is -0.481 e. The van der Waals surface area contributed by atoms with Gasteiger partial charge in [-0.2, -0.15) is 0 Å². The molecule has 0 spiro atoms. The van der Waals surface area contributed by atoms with E-state index in [4.69, 9.17) is 16.3 Å². The number of halogens is 1. The minimum absolute atomic E-state index is 0.279. The second-order valence-electron chi connectivity index (χ2n) is 5.00. The van der Waals surface area contributed by atoms with Crippen molar-refractivity contribution >= 4 is 23.4 Å². The first-order valence-corrected chi connectivity index (χ1v) is 7.43. The van der Waals surface area contributed by atoms with E-state index in [1.165, 1.54) is 0 Å². The molecule has 6 heteroatoms. The number of carbonyl (C=O) groups is 2. The van der Waals surface area contributed by atoms with Crippen LogP contribution in [0.1, 0.15) is 22.8 Å². The molecule has 2 N–H and O–H groups in total. The number of rotatable bonds is 4. The molecular weight excluding hydrogens is 316 g/mol. The van der Waals surface area contributed by atoms with Crippen LogP contribution in [0.2, 0.25) is 5.02 Å². The average molecular weight is 333 g/mol. The number of aryl methyl sites for hydroxylation is 1. The first-order valence-electron chi connectivity index (χ1n) is 7.05. The highest BCUT2D eigenvalue weighted by Crippen LogP contribution is 2.14. The number of hydrogen-bond donors (Lipinski definition) is 2. The van der Waals surface area contributed by atoms with Gasteiger partial charge >= 0.3 is 0 Å². The van der Waals surface area contributed by atoms with Gasteiger partial charge in [0.25, 0.3) is 11.8 Å². The van der Waals surface area contributed by atoms with Crippen molar-refractivity contribution in [3.8, 4) is 5.75 Å². The van der Waals surface area contributed by atoms with Crippen LogP contribution in [0.15, 0.2) is 48.5 Å². The Kier molecular flexibility index (Phi) is 5.60. The zero-order chi connectivity index (χ0) is 16.8. The summed E-state index contributed by atoms with van der Waals surface area (Å²) in [5.74, 6) is -0.381. The van der Waals surface area contributed by atoms with Crippen molar-refractivity contribution in [3.63, 3.8) is 0 Å². The van der Waals surface area contributed by atoms with Gasteiger partial charge < -0.3 is 4.74 Å². The summed E-state index contributed by atoms with van der Waals surface area (Å²) in [6.45, 7) is 3.56. The maximum Gasteiger partial charge on any atom is 0.279 e. The Morgan fingerprint density at radius 1 is 1.04 bits per heavy atom. The maximum atomic E-state index is 12.0. The SMILES string of the molecule is Cc1ccc(O[C@@H](C)C(=O)NNC(=O)c2ccccc2Cl)cc1. The van der Waals surface area contributed by atoms with E-state index in [1.807, 2.05) is 19.1 Å². The van der Waals surface area contributed by atoms with Crippen molar-refractivity contribution in [1.82, 2.24) is 10.9 Å². The van der Waals surface area contributed by atoms with Gasteiger partial charge in [-0.05, 0) is 38.1 Å². The quantitative estimate of drug-likeness (QED) is 0.846. The lowest BCUT2D eigenvalue weighted by molar-refractivity contribution is -0.128. The topological polar surface area (TPSA) is 67.4 Å². The predicted molar refractivity (Wildman–Crippen MR) is 88.3 cm³/mol. The van der Waals surface area contributed by atoms with E-state index in [0.29, 0.717) is 10.8 Å². The second-order valence-corrected chi connectivity index (χ2v) is 5.40. The lowest BCUT2D eigenvalue weighted by Gasteiger charge is -2.15. The highest BCUT2D eigenvalue weighted by molar-refractivity contribution is 6.33. The molecule has 0 aromatic heterocycles. The molecule has 0 aliphatic carbocycles. The summed E-state index contributed by atoms with van der Waals surface area (Å²) in [4.78, 5) is 23.9. The van der Waals surface area contributed by atoms with Crippen molar-refractivity contribution in [1.29, 1.82) is 0 Å². The highest BCUT2D eigenvalue weighted by atomic mass is 35.5. The second kappa shape index (κ2) is 7.65. The summed E-state index contributed by atoms with van der Waals surface area (Å²) in [5.41, 5.74) is 6.01. The van der Waals surface area contributed by atoms with E-state index in [2.05, 4.69) is 10.9 Å². The normalized spacial score (nSPS) is 11.4. The molecule has 0 saturated carbocycles. The zero-order valence-electron chi connectivity index (χ0n) is 12.8. The van der Waals surface area contributed by atoms with E-state index in [9.17, 15) is 9.59 Å². The molecule has 2 rings (SSSR count). The Hall–Kier alpha value is -2.53. The van der Waals surface area contributed by atoms with Crippen LogP contribution in [0.4, 0.5) is 0 Å². The van der Waals surface area contributed by atoms with Crippen molar-refractivity contribution in [2.24, 2.45) is 0 Å². The lowest BCUT2D eigenvalue weighted by Crippen LogP contribution is -2.47. The number of amides is 2. The molecule has 1 atom stereocenters. The van der Waals surface area contributed by atoms with Crippen LogP contribution in [0.25, 0.3) is 0 Å². The van der Waals surface area contributed by atoms with E-state index in [1.54, 1.807) is 43.3 Å². The van der Waals surface area contributed by atoms with Crippen LogP contribution < -0.4 is 15.6 Å². The van der Waals surface area contributed by atoms with Crippen LogP contribution in [0.3, 0.4) is 0 Å². The summed E-state index contributed by atoms with van der Waals surface area (Å²) < 4.78 is 5.50. The minimum atomic E-state index is -0.760. The fourth-order valence-electron chi connectivity index (χ4n) is 1.81. The molecule has 2 aromatic rings. The van der Waals surface area contributed by atoms with Gasteiger partial charge in [0.2, 0.25) is 0 Å². The van der Waals surface area contributed by atoms with Crippen molar-refractivity contribution < 1.29 is 14.3 Å². The third-order valence-corrected chi connectivity index (χ3v) is 3.45. The van der Waals surface area contributed by atoms with Gasteiger partial charge in [0.1, 0.15) is 5.75 Å². The number of nitrogens with one attached hydrogen (secondary N) is 2. The summed E-state index contributed by atoms with van der Waals surface area (Å²) in [6.07, 6.45) is -0.760. The molecule has 0 unspecified atom stereocenters. The van der Waals surface area contributed by atoms with Crippen LogP contribution in [0.5, 0.6) is 5.75 Å². The molecule has 0 fully saturated rings. The molecular formula is C17H17ClN2O3. The molecule has 0 aliphatic heterocycles. The summed E-state index contributed by atoms with van der Waals surface area (Å²) in [7, 11) is 0. The molecule has 2 amide bonds. The first-order chi connectivity index (χ1) is 11.0. The third kappa shape index (κ3) is 4.72. The van der Waals surface area contributed by atoms with Gasteiger partial charge in [0.05, 0.1) is 10.6 Å². The van der Waals surface area contributed by atoms with Crippen LogP contribution in [0, 0.1) is 6.92 Å². The molecule has 5 nitrogen and oxygen atoms in total. The monoisotopic (exact) mass is 332 g/mol. The Balaban J connectivity index is 1.87. The Morgan fingerprint density at radius 2 is 1.70 bits per heavy atom. The van der Waals surface area contributed by atoms with Crippen LogP contribution in [-0.2, 0) is 4.79 Å². The standard InChI is InChI=1S/C17H17ClN2O3/c1-11-7-9-13(10-8-11)23-12(2)16(21)19-20-17(22)14-5-3-4-6-15(14)18/h3-10,12H,1-2H3,(H,19,21)(H,20,22)/t12-/m0/s1. The highest BCUT2D eigenvalue weighted by Gasteiger charge is 2.16. The van der Waals surface area contributed by atoms with E-state index >= 15 is 0 Å². The summed E-state index contributed by atoms with van der Waals surface area (Å²) >= 11 is 5.92. The number of carbonyl (C=O) groups excluding carboxylic acids is 2.